The molecule has 0 fully saturated rings. The summed E-state index contributed by atoms with van der Waals surface area (Å²) >= 11 is 0. The van der Waals surface area contributed by atoms with E-state index in [1.807, 2.05) is 13.0 Å². The second kappa shape index (κ2) is 10.2. The number of esters is 1. The standard InChI is InChI=1S/C16H21NO6/c1-2-3-9-22-16(21)17-13(15(19)20)10-14(18)23-11-12-7-5-4-6-8-12/h4-8,13H,2-3,9-11H2,1H3,(H,17,21)(H,19,20)/t13-/m0/s1. The zero-order chi connectivity index (χ0) is 17.1. The van der Waals surface area contributed by atoms with E-state index in [2.05, 4.69) is 5.32 Å². The summed E-state index contributed by atoms with van der Waals surface area (Å²) in [5, 5.41) is 11.2. The van der Waals surface area contributed by atoms with E-state index in [1.165, 1.54) is 0 Å². The molecule has 7 nitrogen and oxygen atoms in total. The van der Waals surface area contributed by atoms with E-state index in [1.54, 1.807) is 24.3 Å². The number of nitrogens with one attached hydrogen (secondary N) is 1. The van der Waals surface area contributed by atoms with Gasteiger partial charge in [-0.15, -0.1) is 0 Å². The Hall–Kier alpha value is -2.57. The molecule has 0 aliphatic carbocycles. The predicted molar refractivity (Wildman–Crippen MR) is 81.7 cm³/mol. The van der Waals surface area contributed by atoms with Gasteiger partial charge in [0.25, 0.3) is 0 Å². The number of carbonyl (C=O) groups excluding carboxylic acids is 2. The number of ether oxygens (including phenoxy) is 2. The molecule has 1 aromatic rings. The summed E-state index contributed by atoms with van der Waals surface area (Å²) in [6, 6.07) is 7.62. The van der Waals surface area contributed by atoms with Gasteiger partial charge in [0.2, 0.25) is 0 Å². The Morgan fingerprint density at radius 3 is 2.48 bits per heavy atom. The van der Waals surface area contributed by atoms with Gasteiger partial charge in [0.15, 0.2) is 0 Å². The summed E-state index contributed by atoms with van der Waals surface area (Å²) in [6.45, 7) is 2.18. The average Bonchev–Trinajstić information content (AvgIpc) is 2.53. The molecular weight excluding hydrogens is 302 g/mol. The number of unbranched alkanes of at least 4 members (excludes halogenated alkanes) is 1. The molecule has 1 atom stereocenters. The van der Waals surface area contributed by atoms with Gasteiger partial charge in [-0.2, -0.15) is 0 Å². The molecule has 0 radical (unpaired) electrons. The number of benzene rings is 1. The lowest BCUT2D eigenvalue weighted by molar-refractivity contribution is -0.150. The Morgan fingerprint density at radius 1 is 1.17 bits per heavy atom. The first-order valence-corrected chi connectivity index (χ1v) is 7.38. The van der Waals surface area contributed by atoms with Crippen molar-refractivity contribution in [3.63, 3.8) is 0 Å². The van der Waals surface area contributed by atoms with Gasteiger partial charge < -0.3 is 19.9 Å². The van der Waals surface area contributed by atoms with E-state index in [0.29, 0.717) is 6.42 Å². The first-order chi connectivity index (χ1) is 11.0. The molecular formula is C16H21NO6. The minimum absolute atomic E-state index is 0.0486. The number of aliphatic carboxylic acids is 1. The SMILES string of the molecule is CCCCOC(=O)N[C@@H](CC(=O)OCc1ccccc1)C(=O)O. The van der Waals surface area contributed by atoms with Crippen molar-refractivity contribution in [1.29, 1.82) is 0 Å². The fraction of sp³-hybridized carbons (Fsp3) is 0.438. The monoisotopic (exact) mass is 323 g/mol. The second-order valence-electron chi connectivity index (χ2n) is 4.88. The Kier molecular flexibility index (Phi) is 8.20. The molecule has 1 amide bonds. The maximum absolute atomic E-state index is 11.7. The van der Waals surface area contributed by atoms with Gasteiger partial charge in [-0.25, -0.2) is 9.59 Å². The zero-order valence-corrected chi connectivity index (χ0v) is 13.0. The summed E-state index contributed by atoms with van der Waals surface area (Å²) in [5.41, 5.74) is 0.791. The molecule has 1 rings (SSSR count). The van der Waals surface area contributed by atoms with Gasteiger partial charge in [-0.05, 0) is 12.0 Å². The van der Waals surface area contributed by atoms with Gasteiger partial charge in [-0.1, -0.05) is 43.7 Å². The number of hydrogen-bond donors (Lipinski definition) is 2. The summed E-state index contributed by atoms with van der Waals surface area (Å²) < 4.78 is 9.80. The normalized spacial score (nSPS) is 11.3. The fourth-order valence-corrected chi connectivity index (χ4v) is 1.66. The topological polar surface area (TPSA) is 102 Å². The molecule has 0 spiro atoms. The summed E-state index contributed by atoms with van der Waals surface area (Å²) in [6.07, 6.45) is 0.207. The molecule has 0 heterocycles. The first-order valence-electron chi connectivity index (χ1n) is 7.38. The lowest BCUT2D eigenvalue weighted by Crippen LogP contribution is -2.42. The molecule has 7 heteroatoms. The maximum atomic E-state index is 11.7. The Balaban J connectivity index is 2.40. The van der Waals surface area contributed by atoms with Crippen LogP contribution < -0.4 is 5.32 Å². The van der Waals surface area contributed by atoms with Crippen LogP contribution in [-0.4, -0.2) is 35.8 Å². The van der Waals surface area contributed by atoms with Crippen LogP contribution in [0.4, 0.5) is 4.79 Å². The van der Waals surface area contributed by atoms with Crippen molar-refractivity contribution in [2.75, 3.05) is 6.61 Å². The maximum Gasteiger partial charge on any atom is 0.407 e. The van der Waals surface area contributed by atoms with E-state index >= 15 is 0 Å². The van der Waals surface area contributed by atoms with Crippen LogP contribution in [0.15, 0.2) is 30.3 Å². The van der Waals surface area contributed by atoms with Crippen LogP contribution in [-0.2, 0) is 25.7 Å². The van der Waals surface area contributed by atoms with Crippen molar-refractivity contribution >= 4 is 18.0 Å². The number of carboxylic acids is 1. The highest BCUT2D eigenvalue weighted by Gasteiger charge is 2.24. The van der Waals surface area contributed by atoms with Gasteiger partial charge in [0.1, 0.15) is 12.6 Å². The lowest BCUT2D eigenvalue weighted by atomic mass is 10.2. The third kappa shape index (κ3) is 7.85. The lowest BCUT2D eigenvalue weighted by Gasteiger charge is -2.14. The van der Waals surface area contributed by atoms with Crippen molar-refractivity contribution in [2.45, 2.75) is 38.8 Å². The first kappa shape index (κ1) is 18.5. The van der Waals surface area contributed by atoms with Crippen LogP contribution in [0.25, 0.3) is 0 Å². The molecule has 0 aliphatic rings. The molecule has 126 valence electrons. The minimum Gasteiger partial charge on any atom is -0.480 e. The summed E-state index contributed by atoms with van der Waals surface area (Å²) in [7, 11) is 0. The van der Waals surface area contributed by atoms with E-state index in [-0.39, 0.29) is 13.2 Å². The van der Waals surface area contributed by atoms with Crippen molar-refractivity contribution in [3.8, 4) is 0 Å². The number of rotatable bonds is 9. The largest absolute Gasteiger partial charge is 0.480 e. The second-order valence-corrected chi connectivity index (χ2v) is 4.88. The number of amides is 1. The Bertz CT molecular complexity index is 517. The number of carbonyl (C=O) groups is 3. The molecule has 0 saturated heterocycles. The Morgan fingerprint density at radius 2 is 1.87 bits per heavy atom. The van der Waals surface area contributed by atoms with E-state index in [9.17, 15) is 14.4 Å². The zero-order valence-electron chi connectivity index (χ0n) is 13.0. The molecule has 0 unspecified atom stereocenters. The highest BCUT2D eigenvalue weighted by Crippen LogP contribution is 2.04. The molecule has 23 heavy (non-hydrogen) atoms. The molecule has 1 aromatic carbocycles. The van der Waals surface area contributed by atoms with Crippen molar-refractivity contribution in [2.24, 2.45) is 0 Å². The van der Waals surface area contributed by atoms with E-state index in [0.717, 1.165) is 12.0 Å². The fourth-order valence-electron chi connectivity index (χ4n) is 1.66. The van der Waals surface area contributed by atoms with Crippen molar-refractivity contribution in [3.05, 3.63) is 35.9 Å². The van der Waals surface area contributed by atoms with Crippen LogP contribution in [0.1, 0.15) is 31.7 Å². The number of hydrogen-bond acceptors (Lipinski definition) is 5. The highest BCUT2D eigenvalue weighted by molar-refractivity contribution is 5.85. The van der Waals surface area contributed by atoms with Gasteiger partial charge in [-0.3, -0.25) is 4.79 Å². The molecule has 0 aliphatic heterocycles. The summed E-state index contributed by atoms with van der Waals surface area (Å²) in [5.74, 6) is -2.04. The van der Waals surface area contributed by atoms with Crippen molar-refractivity contribution < 1.29 is 29.0 Å². The average molecular weight is 323 g/mol. The summed E-state index contributed by atoms with van der Waals surface area (Å²) in [4.78, 5) is 34.2. The smallest absolute Gasteiger partial charge is 0.407 e. The quantitative estimate of drug-likeness (QED) is 0.533. The van der Waals surface area contributed by atoms with Gasteiger partial charge in [0.05, 0.1) is 13.0 Å². The van der Waals surface area contributed by atoms with Gasteiger partial charge in [0, 0.05) is 0 Å². The predicted octanol–water partition coefficient (Wildman–Crippen LogP) is 2.10. The third-order valence-corrected chi connectivity index (χ3v) is 2.93. The van der Waals surface area contributed by atoms with E-state index < -0.39 is 30.5 Å². The number of alkyl carbamates (subject to hydrolysis) is 1. The highest BCUT2D eigenvalue weighted by atomic mass is 16.5. The van der Waals surface area contributed by atoms with Crippen LogP contribution in [0.5, 0.6) is 0 Å². The van der Waals surface area contributed by atoms with E-state index in [4.69, 9.17) is 14.6 Å². The van der Waals surface area contributed by atoms with Crippen LogP contribution >= 0.6 is 0 Å². The minimum atomic E-state index is -1.38. The van der Waals surface area contributed by atoms with Crippen molar-refractivity contribution in [1.82, 2.24) is 5.32 Å². The number of carboxylic acid groups (broad SMARTS) is 1. The van der Waals surface area contributed by atoms with Crippen LogP contribution in [0.3, 0.4) is 0 Å². The molecule has 0 saturated carbocycles. The molecule has 0 aromatic heterocycles. The van der Waals surface area contributed by atoms with Crippen LogP contribution in [0.2, 0.25) is 0 Å². The third-order valence-electron chi connectivity index (χ3n) is 2.93. The molecule has 0 bridgehead atoms. The molecule has 2 N–H and O–H groups in total. The van der Waals surface area contributed by atoms with Crippen LogP contribution in [0, 0.1) is 0 Å². The Labute approximate surface area is 134 Å². The van der Waals surface area contributed by atoms with Gasteiger partial charge >= 0.3 is 18.0 Å².